The minimum Gasteiger partial charge on any atom is -0.497 e. The number of aromatic nitrogens is 4. The third kappa shape index (κ3) is 16.7. The van der Waals surface area contributed by atoms with E-state index < -0.39 is 11.4 Å². The standard InChI is InChI=1S/C26H24N2O2S4.C26H20N2S4.C12H12ClNO.C12H14N2O2/c29-25(21-10-3-1-4-11-21)17-33-23(31)27(25)15-19-8-7-9-20(14-19)16-28-24(32)34-18-26(28,30)22-12-5-2-6-13-22;29-25-27(23(17-31-25)21-10-3-1-4-11-21)15-19-8-7-9-20(14-19)16-28-24(18-32-26(28)30)22-12-5-2-6-13-22;1-2-14-11(6-7-12(14)15)9-4-3-5-10(13)8-9;1-3-14-11(8-13-12(14)15)9-5-4-6-10(7-9)16-2/h1-14,29-30H,15-18H2;1-14,17-18H,15-16H2;3-6,8H,2,7H2,1H3;4-8H,3H2,1-2H3,(H,13,15). The van der Waals surface area contributed by atoms with Crippen molar-refractivity contribution in [2.75, 3.05) is 25.2 Å². The van der Waals surface area contributed by atoms with E-state index >= 15 is 0 Å². The number of halogens is 1. The minimum atomic E-state index is -1.14. The Morgan fingerprint density at radius 2 is 0.948 bits per heavy atom. The monoisotopic (exact) mass is 1450 g/mol. The molecular formula is C76H70ClN7O5S8. The number of thiazole rings is 2. The van der Waals surface area contributed by atoms with Gasteiger partial charge in [-0.25, -0.2) is 4.79 Å². The molecule has 14 rings (SSSR count). The van der Waals surface area contributed by atoms with E-state index in [0.29, 0.717) is 57.8 Å². The average Bonchev–Trinajstić information content (AvgIpc) is 1.67. The number of ether oxygens (including phenoxy) is 1. The third-order valence-electron chi connectivity index (χ3n) is 16.7. The molecule has 21 heteroatoms. The van der Waals surface area contributed by atoms with Crippen LogP contribution in [0.15, 0.2) is 246 Å². The van der Waals surface area contributed by atoms with E-state index in [1.165, 1.54) is 45.8 Å². The molecule has 12 nitrogen and oxygen atoms in total. The van der Waals surface area contributed by atoms with Crippen molar-refractivity contribution in [2.24, 2.45) is 0 Å². The van der Waals surface area contributed by atoms with E-state index in [9.17, 15) is 19.8 Å². The Hall–Kier alpha value is -7.83. The zero-order valence-corrected chi connectivity index (χ0v) is 60.7. The first-order valence-electron chi connectivity index (χ1n) is 31.3. The van der Waals surface area contributed by atoms with Crippen LogP contribution in [0.3, 0.4) is 0 Å². The van der Waals surface area contributed by atoms with Gasteiger partial charge in [-0.05, 0) is 101 Å². The highest BCUT2D eigenvalue weighted by Gasteiger charge is 2.45. The highest BCUT2D eigenvalue weighted by atomic mass is 35.5. The van der Waals surface area contributed by atoms with E-state index in [2.05, 4.69) is 104 Å². The number of benzene rings is 8. The topological polar surface area (TPSA) is 124 Å². The summed E-state index contributed by atoms with van der Waals surface area (Å²) in [6.45, 7) is 7.76. The number of carbonyl (C=O) groups excluding carboxylic acids is 1. The number of hydrogen-bond acceptors (Lipinski definition) is 13. The Kier molecular flexibility index (Phi) is 23.8. The molecule has 0 aliphatic carbocycles. The summed E-state index contributed by atoms with van der Waals surface area (Å²) in [6.07, 6.45) is 4.17. The molecule has 2 atom stereocenters. The van der Waals surface area contributed by atoms with Crippen LogP contribution in [0.1, 0.15) is 59.2 Å². The molecule has 494 valence electrons. The van der Waals surface area contributed by atoms with Gasteiger partial charge >= 0.3 is 5.69 Å². The van der Waals surface area contributed by atoms with Crippen LogP contribution in [0, 0.1) is 7.91 Å². The summed E-state index contributed by atoms with van der Waals surface area (Å²) in [4.78, 5) is 31.3. The maximum Gasteiger partial charge on any atom is 0.325 e. The SMILES string of the molecule is CCN1C(=O)CC=C1c1cccc(Cl)c1.CCn1c(-c2cccc(OC)c2)c[nH]c1=O.OC1(c2ccccc2)CSC(=S)N1Cc1cccc(CN2C(=S)SCC2(O)c2ccccc2)c1.S=c1scc(-c2ccccc2)n1Cc1cccc(Cn2c(-c3ccccc3)csc2=S)c1. The van der Waals surface area contributed by atoms with E-state index in [-0.39, 0.29) is 11.6 Å². The second kappa shape index (κ2) is 32.7. The molecule has 3 aliphatic heterocycles. The molecule has 2 saturated heterocycles. The van der Waals surface area contributed by atoms with Crippen molar-refractivity contribution in [1.82, 2.24) is 33.4 Å². The number of carbonyl (C=O) groups is 1. The van der Waals surface area contributed by atoms with Crippen molar-refractivity contribution in [3.8, 4) is 39.5 Å². The summed E-state index contributed by atoms with van der Waals surface area (Å²) in [5, 5.41) is 28.1. The second-order valence-electron chi connectivity index (χ2n) is 22.9. The van der Waals surface area contributed by atoms with Gasteiger partial charge in [0.2, 0.25) is 5.91 Å². The van der Waals surface area contributed by atoms with E-state index in [4.69, 9.17) is 65.2 Å². The molecule has 0 radical (unpaired) electrons. The Morgan fingerprint density at radius 3 is 1.41 bits per heavy atom. The van der Waals surface area contributed by atoms with Crippen LogP contribution in [0.2, 0.25) is 5.02 Å². The number of thioether (sulfide) groups is 2. The van der Waals surface area contributed by atoms with Crippen LogP contribution >= 0.6 is 107 Å². The molecular weight excluding hydrogens is 1380 g/mol. The number of methoxy groups -OCH3 is 1. The number of imidazole rings is 1. The van der Waals surface area contributed by atoms with Crippen molar-refractivity contribution < 1.29 is 19.7 Å². The number of rotatable bonds is 17. The molecule has 3 aromatic heterocycles. The van der Waals surface area contributed by atoms with Crippen molar-refractivity contribution in [2.45, 2.75) is 64.4 Å². The molecule has 8 aromatic carbocycles. The minimum absolute atomic E-state index is 0.0830. The number of amides is 1. The van der Waals surface area contributed by atoms with Gasteiger partial charge in [-0.3, -0.25) is 9.36 Å². The van der Waals surface area contributed by atoms with E-state index in [1.807, 2.05) is 169 Å². The first kappa shape index (κ1) is 70.5. The number of thiocarbonyl (C=S) groups is 2. The molecule has 3 N–H and O–H groups in total. The van der Waals surface area contributed by atoms with Gasteiger partial charge in [0.05, 0.1) is 35.7 Å². The molecule has 1 amide bonds. The first-order valence-corrected chi connectivity index (χ1v) is 37.1. The highest BCUT2D eigenvalue weighted by Crippen LogP contribution is 2.42. The quantitative estimate of drug-likeness (QED) is 0.0750. The van der Waals surface area contributed by atoms with Crippen LogP contribution < -0.4 is 10.4 Å². The van der Waals surface area contributed by atoms with E-state index in [0.717, 1.165) is 82.9 Å². The Bertz CT molecular complexity index is 4570. The van der Waals surface area contributed by atoms with Crippen molar-refractivity contribution in [3.05, 3.63) is 304 Å². The first-order chi connectivity index (χ1) is 47.1. The summed E-state index contributed by atoms with van der Waals surface area (Å²) < 4.78 is 14.4. The van der Waals surface area contributed by atoms with Gasteiger partial charge < -0.3 is 43.8 Å². The van der Waals surface area contributed by atoms with Gasteiger partial charge in [0.1, 0.15) is 14.4 Å². The molecule has 2 unspecified atom stereocenters. The summed E-state index contributed by atoms with van der Waals surface area (Å²) in [5.74, 6) is 1.94. The smallest absolute Gasteiger partial charge is 0.325 e. The lowest BCUT2D eigenvalue weighted by Crippen LogP contribution is -2.44. The Labute approximate surface area is 607 Å². The van der Waals surface area contributed by atoms with Gasteiger partial charge in [-0.15, -0.1) is 22.7 Å². The molecule has 0 saturated carbocycles. The molecule has 97 heavy (non-hydrogen) atoms. The number of nitrogens with zero attached hydrogens (tertiary/aromatic N) is 6. The molecule has 3 aliphatic rings. The fourth-order valence-corrected chi connectivity index (χ4v) is 16.9. The van der Waals surface area contributed by atoms with Gasteiger partial charge in [-0.2, -0.15) is 0 Å². The lowest BCUT2D eigenvalue weighted by Gasteiger charge is -2.35. The van der Waals surface area contributed by atoms with Crippen LogP contribution in [-0.2, 0) is 49.0 Å². The molecule has 6 heterocycles. The Morgan fingerprint density at radius 1 is 0.505 bits per heavy atom. The number of aromatic amines is 1. The lowest BCUT2D eigenvalue weighted by molar-refractivity contribution is -0.125. The van der Waals surface area contributed by atoms with Gasteiger partial charge in [0, 0.05) is 90.1 Å². The molecule has 0 bridgehead atoms. The molecule has 2 fully saturated rings. The van der Waals surface area contributed by atoms with Gasteiger partial charge in [0.15, 0.2) is 19.4 Å². The normalized spacial score (nSPS) is 16.5. The number of H-pyrrole nitrogens is 1. The summed E-state index contributed by atoms with van der Waals surface area (Å²) in [7, 11) is 1.63. The van der Waals surface area contributed by atoms with Crippen molar-refractivity contribution >= 4 is 127 Å². The number of hydrogen-bond donors (Lipinski definition) is 3. The highest BCUT2D eigenvalue weighted by molar-refractivity contribution is 8.23. The largest absolute Gasteiger partial charge is 0.497 e. The van der Waals surface area contributed by atoms with Crippen molar-refractivity contribution in [1.29, 1.82) is 0 Å². The Balaban J connectivity index is 0.000000139. The summed E-state index contributed by atoms with van der Waals surface area (Å²) in [5.41, 5.74) is 12.4. The number of aliphatic hydroxyl groups is 2. The zero-order valence-electron chi connectivity index (χ0n) is 53.4. The predicted molar refractivity (Wildman–Crippen MR) is 414 cm³/mol. The average molecular weight is 1450 g/mol. The maximum atomic E-state index is 11.5. The lowest BCUT2D eigenvalue weighted by atomic mass is 10.0. The zero-order chi connectivity index (χ0) is 68.1. The summed E-state index contributed by atoms with van der Waals surface area (Å²) >= 11 is 34.7. The van der Waals surface area contributed by atoms with Crippen molar-refractivity contribution in [3.63, 3.8) is 0 Å². The fraction of sp³-hybridized carbons (Fsp3) is 0.184. The fourth-order valence-electron chi connectivity index (χ4n) is 11.8. The van der Waals surface area contributed by atoms with Crippen LogP contribution in [0.5, 0.6) is 5.75 Å². The van der Waals surface area contributed by atoms with Gasteiger partial charge in [0.25, 0.3) is 0 Å². The van der Waals surface area contributed by atoms with Crippen LogP contribution in [0.4, 0.5) is 0 Å². The van der Waals surface area contributed by atoms with E-state index in [1.54, 1.807) is 45.4 Å². The molecule has 11 aromatic rings. The maximum absolute atomic E-state index is 11.5. The van der Waals surface area contributed by atoms with Crippen LogP contribution in [0.25, 0.3) is 39.5 Å². The summed E-state index contributed by atoms with van der Waals surface area (Å²) in [6, 6.07) is 72.4. The predicted octanol–water partition coefficient (Wildman–Crippen LogP) is 18.2. The number of nitrogens with one attached hydrogen (secondary N) is 1. The van der Waals surface area contributed by atoms with Crippen LogP contribution in [-0.4, -0.2) is 83.3 Å². The molecule has 0 spiro atoms. The third-order valence-corrected chi connectivity index (χ3v) is 22.7. The van der Waals surface area contributed by atoms with Gasteiger partial charge in [-0.1, -0.05) is 260 Å². The second-order valence-corrected chi connectivity index (χ2v) is 29.5.